The minimum absolute atomic E-state index is 0.116. The van der Waals surface area contributed by atoms with Crippen LogP contribution in [0.2, 0.25) is 5.02 Å². The molecule has 0 aliphatic heterocycles. The smallest absolute Gasteiger partial charge is 0.262 e. The van der Waals surface area contributed by atoms with Crippen LogP contribution in [-0.4, -0.2) is 19.6 Å². The van der Waals surface area contributed by atoms with Gasteiger partial charge in [0, 0.05) is 10.7 Å². The van der Waals surface area contributed by atoms with Crippen molar-refractivity contribution < 1.29 is 19.0 Å². The van der Waals surface area contributed by atoms with Crippen molar-refractivity contribution in [2.75, 3.05) is 19.0 Å². The lowest BCUT2D eigenvalue weighted by Gasteiger charge is -2.11. The van der Waals surface area contributed by atoms with Crippen LogP contribution in [0.25, 0.3) is 0 Å². The molecule has 0 fully saturated rings. The number of hydrogen-bond donors (Lipinski definition) is 1. The Balaban J connectivity index is 1.48. The first-order valence-electron chi connectivity index (χ1n) is 8.67. The van der Waals surface area contributed by atoms with Gasteiger partial charge >= 0.3 is 0 Å². The van der Waals surface area contributed by atoms with E-state index in [0.29, 0.717) is 34.6 Å². The fourth-order valence-electron chi connectivity index (χ4n) is 2.46. The van der Waals surface area contributed by atoms with E-state index in [2.05, 4.69) is 5.32 Å². The second-order valence-corrected chi connectivity index (χ2v) is 6.36. The van der Waals surface area contributed by atoms with Gasteiger partial charge in [-0.25, -0.2) is 0 Å². The largest absolute Gasteiger partial charge is 0.493 e. The van der Waals surface area contributed by atoms with Crippen molar-refractivity contribution in [3.05, 3.63) is 83.4 Å². The Bertz CT molecular complexity index is 911. The molecule has 0 radical (unpaired) electrons. The van der Waals surface area contributed by atoms with Crippen molar-refractivity contribution in [2.45, 2.75) is 6.61 Å². The molecule has 0 saturated carbocycles. The molecule has 0 unspecified atom stereocenters. The number of benzene rings is 3. The molecule has 3 rings (SSSR count). The van der Waals surface area contributed by atoms with E-state index in [4.69, 9.17) is 25.8 Å². The van der Waals surface area contributed by atoms with Crippen LogP contribution in [0.15, 0.2) is 72.8 Å². The fraction of sp³-hybridized carbons (Fsp3) is 0.136. The predicted octanol–water partition coefficient (Wildman–Crippen LogP) is 4.95. The van der Waals surface area contributed by atoms with Crippen LogP contribution in [0.3, 0.4) is 0 Å². The first-order valence-corrected chi connectivity index (χ1v) is 9.05. The summed E-state index contributed by atoms with van der Waals surface area (Å²) in [6, 6.07) is 21.8. The van der Waals surface area contributed by atoms with Crippen LogP contribution in [0.1, 0.15) is 5.56 Å². The topological polar surface area (TPSA) is 56.8 Å². The maximum atomic E-state index is 12.1. The van der Waals surface area contributed by atoms with Crippen LogP contribution in [0.4, 0.5) is 5.69 Å². The van der Waals surface area contributed by atoms with E-state index in [-0.39, 0.29) is 12.5 Å². The van der Waals surface area contributed by atoms with E-state index in [0.717, 1.165) is 5.56 Å². The van der Waals surface area contributed by atoms with Gasteiger partial charge in [0.05, 0.1) is 7.11 Å². The van der Waals surface area contributed by atoms with Crippen LogP contribution in [0, 0.1) is 0 Å². The zero-order chi connectivity index (χ0) is 19.8. The Morgan fingerprint density at radius 2 is 1.57 bits per heavy atom. The molecule has 6 heteroatoms. The second kappa shape index (κ2) is 9.67. The third-order valence-electron chi connectivity index (χ3n) is 3.88. The molecule has 0 bridgehead atoms. The van der Waals surface area contributed by atoms with Gasteiger partial charge in [-0.1, -0.05) is 35.9 Å². The summed E-state index contributed by atoms with van der Waals surface area (Å²) in [4.78, 5) is 12.1. The summed E-state index contributed by atoms with van der Waals surface area (Å²) in [6.45, 7) is 0.324. The molecule has 0 spiro atoms. The summed E-state index contributed by atoms with van der Waals surface area (Å²) in [7, 11) is 1.55. The van der Waals surface area contributed by atoms with E-state index in [1.807, 2.05) is 36.4 Å². The van der Waals surface area contributed by atoms with Crippen LogP contribution in [-0.2, 0) is 11.4 Å². The molecule has 0 aliphatic rings. The number of ether oxygens (including phenoxy) is 3. The maximum absolute atomic E-state index is 12.1. The SMILES string of the molecule is COc1ccccc1OCC(=O)Nc1ccc(OCc2ccc(Cl)cc2)cc1. The highest BCUT2D eigenvalue weighted by molar-refractivity contribution is 6.30. The Kier molecular flexibility index (Phi) is 6.76. The van der Waals surface area contributed by atoms with Gasteiger partial charge < -0.3 is 19.5 Å². The summed E-state index contributed by atoms with van der Waals surface area (Å²) in [6.07, 6.45) is 0. The molecule has 1 amide bonds. The Morgan fingerprint density at radius 1 is 0.893 bits per heavy atom. The molecule has 5 nitrogen and oxygen atoms in total. The molecule has 28 heavy (non-hydrogen) atoms. The summed E-state index contributed by atoms with van der Waals surface area (Å²) in [5, 5.41) is 3.47. The van der Waals surface area contributed by atoms with Crippen molar-refractivity contribution in [1.29, 1.82) is 0 Å². The molecule has 0 heterocycles. The normalized spacial score (nSPS) is 10.2. The summed E-state index contributed by atoms with van der Waals surface area (Å²) >= 11 is 5.87. The number of hydrogen-bond acceptors (Lipinski definition) is 4. The highest BCUT2D eigenvalue weighted by Crippen LogP contribution is 2.25. The second-order valence-electron chi connectivity index (χ2n) is 5.93. The quantitative estimate of drug-likeness (QED) is 0.584. The number of methoxy groups -OCH3 is 1. The van der Waals surface area contributed by atoms with Gasteiger partial charge in [-0.15, -0.1) is 0 Å². The summed E-state index contributed by atoms with van der Waals surface area (Å²) in [5.74, 6) is 1.54. The van der Waals surface area contributed by atoms with Crippen molar-refractivity contribution in [3.63, 3.8) is 0 Å². The molecule has 3 aromatic carbocycles. The highest BCUT2D eigenvalue weighted by atomic mass is 35.5. The third kappa shape index (κ3) is 5.66. The average Bonchev–Trinajstić information content (AvgIpc) is 2.73. The number of carbonyl (C=O) groups is 1. The van der Waals surface area contributed by atoms with Gasteiger partial charge in [-0.05, 0) is 54.1 Å². The average molecular weight is 398 g/mol. The fourth-order valence-corrected chi connectivity index (χ4v) is 2.59. The number of rotatable bonds is 8. The summed E-state index contributed by atoms with van der Waals surface area (Å²) in [5.41, 5.74) is 1.68. The minimum atomic E-state index is -0.263. The van der Waals surface area contributed by atoms with Crippen molar-refractivity contribution in [3.8, 4) is 17.2 Å². The zero-order valence-electron chi connectivity index (χ0n) is 15.4. The lowest BCUT2D eigenvalue weighted by Crippen LogP contribution is -2.20. The van der Waals surface area contributed by atoms with E-state index < -0.39 is 0 Å². The molecule has 1 N–H and O–H groups in total. The molecular weight excluding hydrogens is 378 g/mol. The van der Waals surface area contributed by atoms with E-state index >= 15 is 0 Å². The minimum Gasteiger partial charge on any atom is -0.493 e. The first-order chi connectivity index (χ1) is 13.6. The number of para-hydroxylation sites is 2. The molecule has 144 valence electrons. The van der Waals surface area contributed by atoms with E-state index in [9.17, 15) is 4.79 Å². The molecule has 0 aromatic heterocycles. The molecule has 3 aromatic rings. The lowest BCUT2D eigenvalue weighted by molar-refractivity contribution is -0.118. The Labute approximate surface area is 168 Å². The molecular formula is C22H20ClNO4. The number of carbonyl (C=O) groups excluding carboxylic acids is 1. The van der Waals surface area contributed by atoms with Gasteiger partial charge in [-0.2, -0.15) is 0 Å². The van der Waals surface area contributed by atoms with Gasteiger partial charge in [0.2, 0.25) is 0 Å². The Morgan fingerprint density at radius 3 is 2.25 bits per heavy atom. The highest BCUT2D eigenvalue weighted by Gasteiger charge is 2.07. The van der Waals surface area contributed by atoms with Crippen molar-refractivity contribution >= 4 is 23.2 Å². The van der Waals surface area contributed by atoms with Crippen LogP contribution in [0.5, 0.6) is 17.2 Å². The van der Waals surface area contributed by atoms with Crippen molar-refractivity contribution in [1.82, 2.24) is 0 Å². The van der Waals surface area contributed by atoms with Crippen molar-refractivity contribution in [2.24, 2.45) is 0 Å². The van der Waals surface area contributed by atoms with Crippen LogP contribution < -0.4 is 19.5 Å². The number of amides is 1. The van der Waals surface area contributed by atoms with Gasteiger partial charge in [0.1, 0.15) is 12.4 Å². The van der Waals surface area contributed by atoms with E-state index in [1.165, 1.54) is 0 Å². The number of anilines is 1. The number of nitrogens with one attached hydrogen (secondary N) is 1. The third-order valence-corrected chi connectivity index (χ3v) is 4.14. The van der Waals surface area contributed by atoms with Gasteiger partial charge in [-0.3, -0.25) is 4.79 Å². The van der Waals surface area contributed by atoms with Crippen LogP contribution >= 0.6 is 11.6 Å². The molecule has 0 atom stereocenters. The molecule has 0 aliphatic carbocycles. The van der Waals surface area contributed by atoms with E-state index in [1.54, 1.807) is 43.5 Å². The van der Waals surface area contributed by atoms with Gasteiger partial charge in [0.25, 0.3) is 5.91 Å². The Hall–Kier alpha value is -3.18. The predicted molar refractivity (Wildman–Crippen MR) is 109 cm³/mol. The van der Waals surface area contributed by atoms with Gasteiger partial charge in [0.15, 0.2) is 18.1 Å². The maximum Gasteiger partial charge on any atom is 0.262 e. The first kappa shape index (κ1) is 19.6. The summed E-state index contributed by atoms with van der Waals surface area (Å²) < 4.78 is 16.4. The zero-order valence-corrected chi connectivity index (χ0v) is 16.1. The lowest BCUT2D eigenvalue weighted by atomic mass is 10.2. The molecule has 0 saturated heterocycles. The monoisotopic (exact) mass is 397 g/mol. The number of halogens is 1. The standard InChI is InChI=1S/C22H20ClNO4/c1-26-20-4-2-3-5-21(20)28-15-22(25)24-18-10-12-19(13-11-18)27-14-16-6-8-17(23)9-7-16/h2-13H,14-15H2,1H3,(H,24,25).